The van der Waals surface area contributed by atoms with Crippen LogP contribution in [0.15, 0.2) is 36.9 Å². The predicted octanol–water partition coefficient (Wildman–Crippen LogP) is 0.785. The van der Waals surface area contributed by atoms with Gasteiger partial charge in [0.2, 0.25) is 0 Å². The third kappa shape index (κ3) is 2.96. The van der Waals surface area contributed by atoms with E-state index in [0.29, 0.717) is 29.9 Å². The zero-order valence-corrected chi connectivity index (χ0v) is 13.9. The van der Waals surface area contributed by atoms with E-state index < -0.39 is 18.4 Å². The van der Waals surface area contributed by atoms with Crippen LogP contribution >= 0.6 is 0 Å². The lowest BCUT2D eigenvalue weighted by Gasteiger charge is -2.16. The number of aromatic hydroxyl groups is 1. The molecule has 0 radical (unpaired) electrons. The second-order valence-electron chi connectivity index (χ2n) is 6.16. The van der Waals surface area contributed by atoms with E-state index in [1.165, 1.54) is 12.7 Å². The number of phenols is 1. The zero-order chi connectivity index (χ0) is 18.1. The first kappa shape index (κ1) is 16.7. The third-order valence-electron chi connectivity index (χ3n) is 4.44. The summed E-state index contributed by atoms with van der Waals surface area (Å²) in [5.74, 6) is 0.719. The van der Waals surface area contributed by atoms with Crippen LogP contribution in [-0.2, 0) is 11.3 Å². The van der Waals surface area contributed by atoms with Gasteiger partial charge in [0.1, 0.15) is 18.2 Å². The fourth-order valence-electron chi connectivity index (χ4n) is 3.10. The van der Waals surface area contributed by atoms with Crippen molar-refractivity contribution in [3.05, 3.63) is 42.5 Å². The molecule has 1 aliphatic rings. The van der Waals surface area contributed by atoms with E-state index in [0.717, 1.165) is 5.56 Å². The van der Waals surface area contributed by atoms with Crippen molar-refractivity contribution in [1.29, 1.82) is 0 Å². The van der Waals surface area contributed by atoms with Gasteiger partial charge < -0.3 is 25.4 Å². The van der Waals surface area contributed by atoms with Crippen LogP contribution < -0.4 is 5.32 Å². The highest BCUT2D eigenvalue weighted by Gasteiger charge is 2.35. The largest absolute Gasteiger partial charge is 0.508 e. The van der Waals surface area contributed by atoms with Gasteiger partial charge in [0.25, 0.3) is 0 Å². The molecule has 0 spiro atoms. The van der Waals surface area contributed by atoms with Gasteiger partial charge in [-0.1, -0.05) is 18.2 Å². The quantitative estimate of drug-likeness (QED) is 0.528. The van der Waals surface area contributed by atoms with Gasteiger partial charge in [-0.05, 0) is 6.07 Å². The van der Waals surface area contributed by atoms with Crippen LogP contribution in [-0.4, -0.2) is 53.7 Å². The van der Waals surface area contributed by atoms with Crippen molar-refractivity contribution in [2.45, 2.75) is 31.4 Å². The van der Waals surface area contributed by atoms with Crippen molar-refractivity contribution in [3.8, 4) is 5.75 Å². The number of anilines is 1. The number of ether oxygens (including phenoxy) is 1. The summed E-state index contributed by atoms with van der Waals surface area (Å²) in [5.41, 5.74) is 1.78. The molecule has 0 saturated carbocycles. The Labute approximate surface area is 148 Å². The Balaban J connectivity index is 1.60. The first-order chi connectivity index (χ1) is 12.7. The highest BCUT2D eigenvalue weighted by Crippen LogP contribution is 2.31. The van der Waals surface area contributed by atoms with E-state index >= 15 is 0 Å². The Morgan fingerprint density at radius 3 is 2.85 bits per heavy atom. The molecular weight excluding hydrogens is 338 g/mol. The van der Waals surface area contributed by atoms with Crippen molar-refractivity contribution in [2.24, 2.45) is 0 Å². The van der Waals surface area contributed by atoms with E-state index in [9.17, 15) is 15.3 Å². The van der Waals surface area contributed by atoms with Crippen molar-refractivity contribution in [3.63, 3.8) is 0 Å². The fraction of sp³-hybridized carbons (Fsp3) is 0.353. The van der Waals surface area contributed by atoms with Crippen LogP contribution in [0.3, 0.4) is 0 Å². The zero-order valence-electron chi connectivity index (χ0n) is 13.9. The maximum atomic E-state index is 10.2. The molecule has 1 saturated heterocycles. The summed E-state index contributed by atoms with van der Waals surface area (Å²) in [5, 5.41) is 32.5. The molecule has 1 fully saturated rings. The smallest absolute Gasteiger partial charge is 0.167 e. The number of nitrogens with zero attached hydrogens (tertiary/aromatic N) is 4. The monoisotopic (exact) mass is 357 g/mol. The molecular formula is C17H19N5O4. The summed E-state index contributed by atoms with van der Waals surface area (Å²) < 4.78 is 7.31. The second kappa shape index (κ2) is 6.87. The Kier molecular flexibility index (Phi) is 4.41. The van der Waals surface area contributed by atoms with Crippen molar-refractivity contribution in [2.75, 3.05) is 11.9 Å². The second-order valence-corrected chi connectivity index (χ2v) is 6.16. The summed E-state index contributed by atoms with van der Waals surface area (Å²) >= 11 is 0. The van der Waals surface area contributed by atoms with Crippen LogP contribution in [0.5, 0.6) is 5.75 Å². The number of benzene rings is 1. The summed E-state index contributed by atoms with van der Waals surface area (Å²) in [6.45, 7) is 0.226. The summed E-state index contributed by atoms with van der Waals surface area (Å²) in [7, 11) is 0. The van der Waals surface area contributed by atoms with E-state index in [1.54, 1.807) is 16.7 Å². The number of aromatic nitrogens is 4. The molecule has 136 valence electrons. The number of aliphatic hydroxyl groups excluding tert-OH is 2. The predicted molar refractivity (Wildman–Crippen MR) is 92.4 cm³/mol. The molecule has 3 aromatic rings. The van der Waals surface area contributed by atoms with Gasteiger partial charge in [0, 0.05) is 18.5 Å². The number of hydrogen-bond donors (Lipinski definition) is 4. The molecule has 1 aliphatic heterocycles. The van der Waals surface area contributed by atoms with Gasteiger partial charge in [0.15, 0.2) is 23.2 Å². The number of hydrogen-bond acceptors (Lipinski definition) is 8. The minimum atomic E-state index is -0.753. The molecule has 1 aromatic carbocycles. The van der Waals surface area contributed by atoms with E-state index in [2.05, 4.69) is 20.3 Å². The fourth-order valence-corrected chi connectivity index (χ4v) is 3.10. The van der Waals surface area contributed by atoms with Crippen molar-refractivity contribution in [1.82, 2.24) is 19.5 Å². The number of nitrogens with one attached hydrogen (secondary N) is 1. The molecule has 4 rings (SSSR count). The summed E-state index contributed by atoms with van der Waals surface area (Å²) in [6, 6.07) is 7.04. The molecule has 4 N–H and O–H groups in total. The van der Waals surface area contributed by atoms with Crippen molar-refractivity contribution >= 4 is 17.0 Å². The molecule has 0 bridgehead atoms. The number of imidazole rings is 1. The molecule has 0 amide bonds. The van der Waals surface area contributed by atoms with Crippen LogP contribution in [0.1, 0.15) is 18.2 Å². The molecule has 9 heteroatoms. The maximum Gasteiger partial charge on any atom is 0.167 e. The average Bonchev–Trinajstić information content (AvgIpc) is 3.24. The van der Waals surface area contributed by atoms with Crippen LogP contribution in [0.25, 0.3) is 11.2 Å². The topological polar surface area (TPSA) is 126 Å². The number of phenolic OH excluding ortho intramolecular Hbond substituents is 1. The summed E-state index contributed by atoms with van der Waals surface area (Å²) in [4.78, 5) is 12.8. The summed E-state index contributed by atoms with van der Waals surface area (Å²) in [6.07, 6.45) is 1.48. The normalized spacial score (nSPS) is 22.8. The maximum absolute atomic E-state index is 10.2. The number of fused-ring (bicyclic) bond motifs is 1. The number of aliphatic hydroxyl groups is 2. The van der Waals surface area contributed by atoms with Gasteiger partial charge in [-0.3, -0.25) is 4.57 Å². The van der Waals surface area contributed by atoms with Crippen LogP contribution in [0.2, 0.25) is 0 Å². The minimum Gasteiger partial charge on any atom is -0.508 e. The molecule has 3 heterocycles. The van der Waals surface area contributed by atoms with Crippen LogP contribution in [0, 0.1) is 0 Å². The lowest BCUT2D eigenvalue weighted by Crippen LogP contribution is -2.19. The van der Waals surface area contributed by atoms with E-state index in [4.69, 9.17) is 4.74 Å². The molecule has 3 atom stereocenters. The Hall–Kier alpha value is -2.75. The van der Waals surface area contributed by atoms with Gasteiger partial charge >= 0.3 is 0 Å². The van der Waals surface area contributed by atoms with Gasteiger partial charge in [0.05, 0.1) is 19.0 Å². The van der Waals surface area contributed by atoms with E-state index in [-0.39, 0.29) is 12.4 Å². The van der Waals surface area contributed by atoms with Gasteiger partial charge in [-0.15, -0.1) is 0 Å². The molecule has 1 unspecified atom stereocenters. The highest BCUT2D eigenvalue weighted by molar-refractivity contribution is 5.82. The molecule has 9 nitrogen and oxygen atoms in total. The van der Waals surface area contributed by atoms with Crippen LogP contribution in [0.4, 0.5) is 5.82 Å². The Morgan fingerprint density at radius 1 is 1.23 bits per heavy atom. The molecule has 0 aliphatic carbocycles. The lowest BCUT2D eigenvalue weighted by atomic mass is 10.2. The van der Waals surface area contributed by atoms with Crippen molar-refractivity contribution < 1.29 is 20.1 Å². The average molecular weight is 357 g/mol. The SMILES string of the molecule is OC[C@@H]1CC(O)[C@H](n2cnc3c(NCc4ccccc4O)ncnc32)O1. The number of rotatable bonds is 5. The molecule has 26 heavy (non-hydrogen) atoms. The Bertz CT molecular complexity index is 915. The third-order valence-corrected chi connectivity index (χ3v) is 4.44. The van der Waals surface area contributed by atoms with Gasteiger partial charge in [-0.25, -0.2) is 15.0 Å². The minimum absolute atomic E-state index is 0.150. The van der Waals surface area contributed by atoms with E-state index in [1.807, 2.05) is 12.1 Å². The van der Waals surface area contributed by atoms with Gasteiger partial charge in [-0.2, -0.15) is 0 Å². The lowest BCUT2D eigenvalue weighted by molar-refractivity contribution is -0.0486. The molecule has 2 aromatic heterocycles. The highest BCUT2D eigenvalue weighted by atomic mass is 16.5. The Morgan fingerprint density at radius 2 is 2.08 bits per heavy atom. The standard InChI is InChI=1S/C17H19N5O4/c23-7-11-5-13(25)17(26-11)22-9-21-14-15(19-8-20-16(14)22)18-6-10-3-1-2-4-12(10)24/h1-4,8-9,11,13,17,23-25H,5-7H2,(H,18,19,20)/t11-,13?,17+/m0/s1. The first-order valence-corrected chi connectivity index (χ1v) is 8.30. The first-order valence-electron chi connectivity index (χ1n) is 8.30. The number of para-hydroxylation sites is 1.